The van der Waals surface area contributed by atoms with Crippen LogP contribution in [-0.4, -0.2) is 77.5 Å². The standard InChI is InChI=1S/C16H30N2O7/c1-3-17-12(21)7-5-4-6-8-24-16-13(18-10(2)20)15(23)14(22)11(9-19)25-16/h11,13-16,19,22-23H,3-9H2,1-2H3,(H,17,21)(H,18,20). The molecule has 0 aliphatic carbocycles. The van der Waals surface area contributed by atoms with Gasteiger partial charge in [0, 0.05) is 26.5 Å². The largest absolute Gasteiger partial charge is 0.394 e. The van der Waals surface area contributed by atoms with Crippen molar-refractivity contribution in [1.29, 1.82) is 0 Å². The molecule has 5 atom stereocenters. The molecular weight excluding hydrogens is 332 g/mol. The van der Waals surface area contributed by atoms with E-state index in [1.54, 1.807) is 0 Å². The molecule has 0 aromatic carbocycles. The molecular formula is C16H30N2O7. The van der Waals surface area contributed by atoms with Gasteiger partial charge in [-0.15, -0.1) is 0 Å². The summed E-state index contributed by atoms with van der Waals surface area (Å²) in [7, 11) is 0. The first-order valence-electron chi connectivity index (χ1n) is 8.68. The fourth-order valence-corrected chi connectivity index (χ4v) is 2.66. The van der Waals surface area contributed by atoms with Gasteiger partial charge in [0.25, 0.3) is 0 Å². The van der Waals surface area contributed by atoms with Crippen molar-refractivity contribution in [2.24, 2.45) is 0 Å². The van der Waals surface area contributed by atoms with Crippen LogP contribution in [0.4, 0.5) is 0 Å². The summed E-state index contributed by atoms with van der Waals surface area (Å²) in [6.07, 6.45) is -1.93. The van der Waals surface area contributed by atoms with Crippen LogP contribution in [0.15, 0.2) is 0 Å². The van der Waals surface area contributed by atoms with Crippen molar-refractivity contribution in [2.45, 2.75) is 70.2 Å². The number of aliphatic hydroxyl groups excluding tert-OH is 3. The van der Waals surface area contributed by atoms with E-state index >= 15 is 0 Å². The Labute approximate surface area is 147 Å². The molecule has 0 aromatic rings. The van der Waals surface area contributed by atoms with E-state index < -0.39 is 43.2 Å². The Kier molecular flexibility index (Phi) is 9.91. The van der Waals surface area contributed by atoms with Gasteiger partial charge in [0.2, 0.25) is 11.8 Å². The zero-order valence-electron chi connectivity index (χ0n) is 14.8. The summed E-state index contributed by atoms with van der Waals surface area (Å²) in [5.74, 6) is -0.370. The SMILES string of the molecule is CCNC(=O)CCCCCOC1OC(CO)C(O)C(O)C1NC(C)=O. The molecule has 5 N–H and O–H groups in total. The Morgan fingerprint density at radius 1 is 1.16 bits per heavy atom. The lowest BCUT2D eigenvalue weighted by molar-refractivity contribution is -0.270. The lowest BCUT2D eigenvalue weighted by atomic mass is 9.97. The molecule has 1 aliphatic rings. The minimum Gasteiger partial charge on any atom is -0.394 e. The molecule has 1 heterocycles. The van der Waals surface area contributed by atoms with Crippen LogP contribution < -0.4 is 10.6 Å². The predicted molar refractivity (Wildman–Crippen MR) is 88.5 cm³/mol. The number of amides is 2. The Hall–Kier alpha value is -1.26. The molecule has 1 rings (SSSR count). The van der Waals surface area contributed by atoms with Crippen LogP contribution in [-0.2, 0) is 19.1 Å². The maximum Gasteiger partial charge on any atom is 0.219 e. The summed E-state index contributed by atoms with van der Waals surface area (Å²) in [6, 6.07) is -0.925. The number of nitrogens with one attached hydrogen (secondary N) is 2. The summed E-state index contributed by atoms with van der Waals surface area (Å²) in [4.78, 5) is 22.6. The second-order valence-corrected chi connectivity index (χ2v) is 6.07. The third kappa shape index (κ3) is 7.25. The first kappa shape index (κ1) is 21.8. The van der Waals surface area contributed by atoms with Gasteiger partial charge in [-0.05, 0) is 19.8 Å². The third-order valence-electron chi connectivity index (χ3n) is 3.96. The molecule has 1 saturated heterocycles. The normalized spacial score (nSPS) is 29.2. The average Bonchev–Trinajstić information content (AvgIpc) is 2.56. The van der Waals surface area contributed by atoms with Crippen LogP contribution in [0, 0.1) is 0 Å². The maximum absolute atomic E-state index is 11.3. The fourth-order valence-electron chi connectivity index (χ4n) is 2.66. The summed E-state index contributed by atoms with van der Waals surface area (Å²) in [5.41, 5.74) is 0. The van der Waals surface area contributed by atoms with Crippen LogP contribution >= 0.6 is 0 Å². The van der Waals surface area contributed by atoms with Crippen LogP contribution in [0.25, 0.3) is 0 Å². The van der Waals surface area contributed by atoms with Crippen LogP contribution in [0.5, 0.6) is 0 Å². The quantitative estimate of drug-likeness (QED) is 0.303. The van der Waals surface area contributed by atoms with Gasteiger partial charge in [0.05, 0.1) is 6.61 Å². The highest BCUT2D eigenvalue weighted by Crippen LogP contribution is 2.22. The molecule has 5 unspecified atom stereocenters. The maximum atomic E-state index is 11.3. The fraction of sp³-hybridized carbons (Fsp3) is 0.875. The molecule has 0 spiro atoms. The number of aliphatic hydroxyl groups is 3. The highest BCUT2D eigenvalue weighted by atomic mass is 16.7. The van der Waals surface area contributed by atoms with E-state index in [9.17, 15) is 24.9 Å². The lowest BCUT2D eigenvalue weighted by Crippen LogP contribution is -2.64. The zero-order valence-corrected chi connectivity index (χ0v) is 14.8. The van der Waals surface area contributed by atoms with E-state index in [1.165, 1.54) is 6.92 Å². The number of hydrogen-bond donors (Lipinski definition) is 5. The Balaban J connectivity index is 2.41. The van der Waals surface area contributed by atoms with E-state index in [0.29, 0.717) is 26.0 Å². The van der Waals surface area contributed by atoms with E-state index in [-0.39, 0.29) is 5.91 Å². The zero-order chi connectivity index (χ0) is 18.8. The molecule has 146 valence electrons. The van der Waals surface area contributed by atoms with Crippen LogP contribution in [0.3, 0.4) is 0 Å². The highest BCUT2D eigenvalue weighted by Gasteiger charge is 2.45. The molecule has 2 amide bonds. The summed E-state index contributed by atoms with van der Waals surface area (Å²) in [6.45, 7) is 3.60. The van der Waals surface area contributed by atoms with E-state index in [4.69, 9.17) is 9.47 Å². The summed E-state index contributed by atoms with van der Waals surface area (Å²) >= 11 is 0. The van der Waals surface area contributed by atoms with Crippen LogP contribution in [0.1, 0.15) is 39.5 Å². The molecule has 9 nitrogen and oxygen atoms in total. The van der Waals surface area contributed by atoms with Gasteiger partial charge in [-0.2, -0.15) is 0 Å². The van der Waals surface area contributed by atoms with Crippen molar-refractivity contribution in [1.82, 2.24) is 10.6 Å². The van der Waals surface area contributed by atoms with Gasteiger partial charge in [0.15, 0.2) is 6.29 Å². The van der Waals surface area contributed by atoms with E-state index in [1.807, 2.05) is 6.92 Å². The van der Waals surface area contributed by atoms with Gasteiger partial charge in [0.1, 0.15) is 24.4 Å². The highest BCUT2D eigenvalue weighted by molar-refractivity contribution is 5.75. The molecule has 25 heavy (non-hydrogen) atoms. The van der Waals surface area contributed by atoms with E-state index in [0.717, 1.165) is 12.8 Å². The molecule has 0 saturated carbocycles. The Morgan fingerprint density at radius 3 is 2.48 bits per heavy atom. The number of hydrogen-bond acceptors (Lipinski definition) is 7. The van der Waals surface area contributed by atoms with Crippen molar-refractivity contribution >= 4 is 11.8 Å². The van der Waals surface area contributed by atoms with Crippen molar-refractivity contribution in [3.63, 3.8) is 0 Å². The van der Waals surface area contributed by atoms with Crippen molar-refractivity contribution in [2.75, 3.05) is 19.8 Å². The minimum atomic E-state index is -1.32. The number of carbonyl (C=O) groups excluding carboxylic acids is 2. The summed E-state index contributed by atoms with van der Waals surface area (Å²) < 4.78 is 11.0. The number of ether oxygens (including phenoxy) is 2. The number of unbranched alkanes of at least 4 members (excludes halogenated alkanes) is 2. The molecule has 0 radical (unpaired) electrons. The molecule has 0 aromatic heterocycles. The van der Waals surface area contributed by atoms with Gasteiger partial charge in [-0.3, -0.25) is 9.59 Å². The van der Waals surface area contributed by atoms with Crippen LogP contribution in [0.2, 0.25) is 0 Å². The second-order valence-electron chi connectivity index (χ2n) is 6.07. The number of rotatable bonds is 10. The van der Waals surface area contributed by atoms with E-state index in [2.05, 4.69) is 10.6 Å². The smallest absolute Gasteiger partial charge is 0.219 e. The second kappa shape index (κ2) is 11.4. The van der Waals surface area contributed by atoms with Gasteiger partial charge in [-0.25, -0.2) is 0 Å². The topological polar surface area (TPSA) is 137 Å². The molecule has 0 bridgehead atoms. The average molecular weight is 362 g/mol. The molecule has 1 fully saturated rings. The Morgan fingerprint density at radius 2 is 1.88 bits per heavy atom. The first-order chi connectivity index (χ1) is 11.9. The van der Waals surface area contributed by atoms with Crippen molar-refractivity contribution in [3.05, 3.63) is 0 Å². The summed E-state index contributed by atoms with van der Waals surface area (Å²) in [5, 5.41) is 34.5. The first-order valence-corrected chi connectivity index (χ1v) is 8.68. The molecule has 1 aliphatic heterocycles. The predicted octanol–water partition coefficient (Wildman–Crippen LogP) is -1.36. The van der Waals surface area contributed by atoms with Gasteiger partial charge < -0.3 is 35.4 Å². The molecule has 9 heteroatoms. The third-order valence-corrected chi connectivity index (χ3v) is 3.96. The van der Waals surface area contributed by atoms with Crippen molar-refractivity contribution in [3.8, 4) is 0 Å². The van der Waals surface area contributed by atoms with Gasteiger partial charge in [-0.1, -0.05) is 6.42 Å². The lowest BCUT2D eigenvalue weighted by Gasteiger charge is -2.42. The minimum absolute atomic E-state index is 0.0210. The number of carbonyl (C=O) groups is 2. The van der Waals surface area contributed by atoms with Crippen molar-refractivity contribution < 1.29 is 34.4 Å². The van der Waals surface area contributed by atoms with Gasteiger partial charge >= 0.3 is 0 Å². The Bertz CT molecular complexity index is 421. The monoisotopic (exact) mass is 362 g/mol.